The van der Waals surface area contributed by atoms with Crippen LogP contribution in [0.4, 0.5) is 0 Å². The second-order valence-corrected chi connectivity index (χ2v) is 5.96. The van der Waals surface area contributed by atoms with E-state index in [2.05, 4.69) is 0 Å². The van der Waals surface area contributed by atoms with Gasteiger partial charge in [0.2, 0.25) is 0 Å². The van der Waals surface area contributed by atoms with Gasteiger partial charge in [0, 0.05) is 22.2 Å². The number of phenolic OH excluding ortho intramolecular Hbond substituents is 1. The number of hydrogen-bond acceptors (Lipinski definition) is 4. The van der Waals surface area contributed by atoms with Gasteiger partial charge in [0.25, 0.3) is 0 Å². The second-order valence-electron chi connectivity index (χ2n) is 5.96. The predicted octanol–water partition coefficient (Wildman–Crippen LogP) is 2.24. The molecule has 0 aliphatic carbocycles. The van der Waals surface area contributed by atoms with E-state index in [1.807, 2.05) is 13.8 Å². The summed E-state index contributed by atoms with van der Waals surface area (Å²) >= 11 is 0. The Morgan fingerprint density at radius 1 is 1.00 bits per heavy atom. The molecule has 0 aromatic heterocycles. The average molecular weight is 263 g/mol. The van der Waals surface area contributed by atoms with Gasteiger partial charge in [0.1, 0.15) is 5.75 Å². The SMILES string of the molecule is CC(C)(N)c1c2c(c(O)c3c1OCCC3)OCCC2. The first-order chi connectivity index (χ1) is 9.00. The van der Waals surface area contributed by atoms with E-state index in [-0.39, 0.29) is 5.75 Å². The topological polar surface area (TPSA) is 64.7 Å². The summed E-state index contributed by atoms with van der Waals surface area (Å²) < 4.78 is 11.5. The molecule has 1 aromatic rings. The van der Waals surface area contributed by atoms with Crippen LogP contribution in [0.5, 0.6) is 17.2 Å². The van der Waals surface area contributed by atoms with Crippen LogP contribution in [-0.2, 0) is 18.4 Å². The molecule has 0 radical (unpaired) electrons. The number of fused-ring (bicyclic) bond motifs is 2. The fourth-order valence-electron chi connectivity index (χ4n) is 3.10. The zero-order valence-electron chi connectivity index (χ0n) is 11.6. The highest BCUT2D eigenvalue weighted by atomic mass is 16.5. The summed E-state index contributed by atoms with van der Waals surface area (Å²) in [6.07, 6.45) is 3.58. The van der Waals surface area contributed by atoms with E-state index in [9.17, 15) is 5.11 Å². The molecule has 1 aromatic carbocycles. The Morgan fingerprint density at radius 2 is 1.58 bits per heavy atom. The van der Waals surface area contributed by atoms with Gasteiger partial charge in [-0.3, -0.25) is 0 Å². The van der Waals surface area contributed by atoms with Crippen molar-refractivity contribution >= 4 is 0 Å². The molecular formula is C15H21NO3. The Hall–Kier alpha value is -1.42. The summed E-state index contributed by atoms with van der Waals surface area (Å²) in [5, 5.41) is 10.4. The van der Waals surface area contributed by atoms with E-state index < -0.39 is 5.54 Å². The molecule has 4 heteroatoms. The Kier molecular flexibility index (Phi) is 2.86. The van der Waals surface area contributed by atoms with Gasteiger partial charge >= 0.3 is 0 Å². The second kappa shape index (κ2) is 4.30. The first-order valence-corrected chi connectivity index (χ1v) is 6.95. The van der Waals surface area contributed by atoms with Crippen LogP contribution >= 0.6 is 0 Å². The first kappa shape index (κ1) is 12.6. The van der Waals surface area contributed by atoms with E-state index in [0.29, 0.717) is 19.0 Å². The summed E-state index contributed by atoms with van der Waals surface area (Å²) in [5.74, 6) is 1.68. The van der Waals surface area contributed by atoms with E-state index >= 15 is 0 Å². The minimum absolute atomic E-state index is 0.261. The lowest BCUT2D eigenvalue weighted by molar-refractivity contribution is 0.248. The van der Waals surface area contributed by atoms with Gasteiger partial charge in [-0.25, -0.2) is 0 Å². The summed E-state index contributed by atoms with van der Waals surface area (Å²) in [6.45, 7) is 5.30. The molecule has 0 amide bonds. The largest absolute Gasteiger partial charge is 0.504 e. The molecule has 2 heterocycles. The van der Waals surface area contributed by atoms with Crippen molar-refractivity contribution in [3.05, 3.63) is 16.7 Å². The van der Waals surface area contributed by atoms with Crippen molar-refractivity contribution in [2.24, 2.45) is 5.73 Å². The van der Waals surface area contributed by atoms with Crippen LogP contribution in [0.15, 0.2) is 0 Å². The molecule has 4 nitrogen and oxygen atoms in total. The molecule has 0 saturated carbocycles. The predicted molar refractivity (Wildman–Crippen MR) is 73.0 cm³/mol. The Bertz CT molecular complexity index is 480. The molecule has 3 rings (SSSR count). The van der Waals surface area contributed by atoms with Crippen molar-refractivity contribution < 1.29 is 14.6 Å². The van der Waals surface area contributed by atoms with Gasteiger partial charge in [-0.1, -0.05) is 0 Å². The van der Waals surface area contributed by atoms with Crippen LogP contribution in [0.3, 0.4) is 0 Å². The third kappa shape index (κ3) is 1.94. The lowest BCUT2D eigenvalue weighted by Crippen LogP contribution is -2.33. The van der Waals surface area contributed by atoms with Crippen molar-refractivity contribution in [2.75, 3.05) is 13.2 Å². The van der Waals surface area contributed by atoms with Crippen molar-refractivity contribution in [3.8, 4) is 17.2 Å². The molecule has 0 spiro atoms. The summed E-state index contributed by atoms with van der Waals surface area (Å²) in [4.78, 5) is 0. The van der Waals surface area contributed by atoms with Crippen LogP contribution in [0.2, 0.25) is 0 Å². The van der Waals surface area contributed by atoms with Crippen LogP contribution in [-0.4, -0.2) is 18.3 Å². The van der Waals surface area contributed by atoms with Crippen LogP contribution in [0.25, 0.3) is 0 Å². The minimum Gasteiger partial charge on any atom is -0.504 e. The molecule has 104 valence electrons. The first-order valence-electron chi connectivity index (χ1n) is 6.95. The highest BCUT2D eigenvalue weighted by molar-refractivity contribution is 5.65. The lowest BCUT2D eigenvalue weighted by Gasteiger charge is -2.33. The maximum Gasteiger partial charge on any atom is 0.165 e. The van der Waals surface area contributed by atoms with E-state index in [0.717, 1.165) is 48.1 Å². The summed E-state index contributed by atoms with van der Waals surface area (Å²) in [6, 6.07) is 0. The molecule has 0 unspecified atom stereocenters. The van der Waals surface area contributed by atoms with E-state index in [1.54, 1.807) is 0 Å². The van der Waals surface area contributed by atoms with E-state index in [1.165, 1.54) is 0 Å². The molecule has 0 saturated heterocycles. The maximum absolute atomic E-state index is 10.4. The third-order valence-corrected chi connectivity index (χ3v) is 3.86. The zero-order chi connectivity index (χ0) is 13.6. The number of rotatable bonds is 1. The monoisotopic (exact) mass is 263 g/mol. The number of hydrogen-bond donors (Lipinski definition) is 2. The quantitative estimate of drug-likeness (QED) is 0.815. The normalized spacial score (nSPS) is 18.1. The number of nitrogens with two attached hydrogens (primary N) is 1. The van der Waals surface area contributed by atoms with Crippen LogP contribution in [0.1, 0.15) is 43.4 Å². The van der Waals surface area contributed by atoms with Crippen molar-refractivity contribution in [1.29, 1.82) is 0 Å². The van der Waals surface area contributed by atoms with E-state index in [4.69, 9.17) is 15.2 Å². The molecule has 2 aliphatic rings. The zero-order valence-corrected chi connectivity index (χ0v) is 11.6. The third-order valence-electron chi connectivity index (χ3n) is 3.86. The number of phenols is 1. The van der Waals surface area contributed by atoms with Crippen molar-refractivity contribution in [3.63, 3.8) is 0 Å². The summed E-state index contributed by atoms with van der Waals surface area (Å²) in [7, 11) is 0. The number of aromatic hydroxyl groups is 1. The molecule has 0 fully saturated rings. The van der Waals surface area contributed by atoms with Gasteiger partial charge in [-0.15, -0.1) is 0 Å². The Labute approximate surface area is 113 Å². The fraction of sp³-hybridized carbons (Fsp3) is 0.600. The smallest absolute Gasteiger partial charge is 0.165 e. The minimum atomic E-state index is -0.500. The standard InChI is InChI=1S/C15H21NO3/c1-15(2,16)11-9-5-3-8-19-14(9)12(17)10-6-4-7-18-13(10)11/h17H,3-8,16H2,1-2H3. The summed E-state index contributed by atoms with van der Waals surface area (Å²) in [5.41, 5.74) is 8.73. The molecule has 0 atom stereocenters. The fourth-order valence-corrected chi connectivity index (χ4v) is 3.10. The van der Waals surface area contributed by atoms with Crippen LogP contribution < -0.4 is 15.2 Å². The highest BCUT2D eigenvalue weighted by Gasteiger charge is 2.34. The maximum atomic E-state index is 10.4. The molecule has 19 heavy (non-hydrogen) atoms. The van der Waals surface area contributed by atoms with Crippen molar-refractivity contribution in [2.45, 2.75) is 45.1 Å². The van der Waals surface area contributed by atoms with Gasteiger partial charge in [0.05, 0.1) is 13.2 Å². The molecule has 2 aliphatic heterocycles. The molecular weight excluding hydrogens is 242 g/mol. The number of ether oxygens (including phenoxy) is 2. The van der Waals surface area contributed by atoms with Gasteiger partial charge < -0.3 is 20.3 Å². The molecule has 0 bridgehead atoms. The van der Waals surface area contributed by atoms with Gasteiger partial charge in [-0.05, 0) is 39.5 Å². The molecule has 3 N–H and O–H groups in total. The van der Waals surface area contributed by atoms with Crippen LogP contribution in [0, 0.1) is 0 Å². The number of benzene rings is 1. The highest BCUT2D eigenvalue weighted by Crippen LogP contribution is 2.49. The average Bonchev–Trinajstić information content (AvgIpc) is 2.38. The lowest BCUT2D eigenvalue weighted by atomic mass is 9.83. The van der Waals surface area contributed by atoms with Crippen molar-refractivity contribution in [1.82, 2.24) is 0 Å². The Balaban J connectivity index is 2.31. The van der Waals surface area contributed by atoms with Gasteiger partial charge in [0.15, 0.2) is 11.5 Å². The van der Waals surface area contributed by atoms with Gasteiger partial charge in [-0.2, -0.15) is 0 Å². The Morgan fingerprint density at radius 3 is 2.21 bits per heavy atom.